The first-order valence-corrected chi connectivity index (χ1v) is 58.8. The molecule has 826 valence electrons. The van der Waals surface area contributed by atoms with Gasteiger partial charge in [0.15, 0.2) is 0 Å². The molecular weight excluding hydrogens is 1930 g/mol. The molecule has 2 N–H and O–H groups in total. The number of carboxylic acid groups (broad SMARTS) is 1. The van der Waals surface area contributed by atoms with Gasteiger partial charge in [0.25, 0.3) is 0 Å². The Morgan fingerprint density at radius 3 is 1.02 bits per heavy atom. The van der Waals surface area contributed by atoms with Crippen LogP contribution in [0.15, 0.2) is 121 Å². The Hall–Kier alpha value is -6.83. The molecule has 9 atom stereocenters. The minimum Gasteiger partial charge on any atom is -1.00 e. The fourth-order valence-electron chi connectivity index (χ4n) is 26.4. The van der Waals surface area contributed by atoms with Crippen LogP contribution in [-0.2, 0) is 93.5 Å². The number of fused-ring (bicyclic) bond motifs is 26. The van der Waals surface area contributed by atoms with Crippen LogP contribution in [0.2, 0.25) is 0 Å². The van der Waals surface area contributed by atoms with Gasteiger partial charge in [-0.05, 0) is 385 Å². The van der Waals surface area contributed by atoms with E-state index in [9.17, 15) is 47.7 Å². The van der Waals surface area contributed by atoms with Gasteiger partial charge in [-0.15, -0.1) is 12.4 Å². The smallest absolute Gasteiger partial charge is 1.00 e. The number of piperidine rings is 24. The van der Waals surface area contributed by atoms with Crippen LogP contribution in [0.1, 0.15) is 244 Å². The van der Waals surface area contributed by atoms with Crippen LogP contribution in [0.5, 0.6) is 0 Å². The van der Waals surface area contributed by atoms with E-state index in [1.165, 1.54) is 227 Å². The van der Waals surface area contributed by atoms with E-state index in [1.807, 2.05) is 34.6 Å². The fraction of sp³-hybridized carbons (Fsp3) is 0.703. The van der Waals surface area contributed by atoms with Gasteiger partial charge >= 0.3 is 71.3 Å². The van der Waals surface area contributed by atoms with Crippen LogP contribution >= 0.6 is 19.8 Å². The maximum Gasteiger partial charge on any atom is 1.00 e. The molecule has 4 aromatic rings. The number of carbonyl (C=O) groups is 9. The quantitative estimate of drug-likeness (QED) is 0.0205. The van der Waals surface area contributed by atoms with Crippen molar-refractivity contribution in [2.24, 2.45) is 82.9 Å². The number of aliphatic carboxylic acids is 1. The molecule has 30 rings (SSSR count). The number of nitrogens with zero attached hydrogens (tertiary/aromatic N) is 9. The average Bonchev–Trinajstić information content (AvgIpc) is 0.782. The molecular formula is C118H183ClN10NaO18P. The van der Waals surface area contributed by atoms with Crippen molar-refractivity contribution in [2.45, 2.75) is 222 Å². The summed E-state index contributed by atoms with van der Waals surface area (Å²) in [6.45, 7) is 47.1. The van der Waals surface area contributed by atoms with Crippen molar-refractivity contribution in [1.29, 1.82) is 0 Å². The number of Topliss-reactive ketones (excluding diaryl/α,β-unsaturated/α-hetero) is 1. The maximum atomic E-state index is 13.4. The monoisotopic (exact) mass is 2120 g/mol. The topological polar surface area (TPSA) is 297 Å². The van der Waals surface area contributed by atoms with E-state index in [1.54, 1.807) is 19.9 Å². The Morgan fingerprint density at radius 1 is 0.376 bits per heavy atom. The average molecular weight is 2120 g/mol. The Balaban J connectivity index is 0.000000187. The third-order valence-corrected chi connectivity index (χ3v) is 35.8. The molecule has 149 heavy (non-hydrogen) atoms. The van der Waals surface area contributed by atoms with Gasteiger partial charge in [-0.1, -0.05) is 117 Å². The van der Waals surface area contributed by atoms with E-state index < -0.39 is 19.3 Å². The molecule has 26 aliphatic rings. The molecule has 4 aromatic carbocycles. The third kappa shape index (κ3) is 38.9. The minimum absolute atomic E-state index is 0. The first kappa shape index (κ1) is 124. The molecule has 2 unspecified atom stereocenters. The number of esters is 6. The van der Waals surface area contributed by atoms with Crippen LogP contribution in [0.4, 0.5) is 0 Å². The fourth-order valence-corrected chi connectivity index (χ4v) is 27.6. The van der Waals surface area contributed by atoms with Crippen LogP contribution < -0.4 is 34.9 Å². The number of ether oxygens (including phenoxy) is 6. The zero-order valence-electron chi connectivity index (χ0n) is 92.0. The summed E-state index contributed by atoms with van der Waals surface area (Å²) in [5.74, 6) is 8.44. The summed E-state index contributed by atoms with van der Waals surface area (Å²) < 4.78 is 45.8. The van der Waals surface area contributed by atoms with Crippen molar-refractivity contribution in [3.05, 3.63) is 154 Å². The summed E-state index contributed by atoms with van der Waals surface area (Å²) in [4.78, 5) is 124. The number of amides is 1. The molecule has 0 spiro atoms. The molecule has 0 radical (unpaired) electrons. The van der Waals surface area contributed by atoms with E-state index >= 15 is 0 Å². The zero-order valence-corrected chi connectivity index (χ0v) is 94.7. The molecule has 0 aromatic heterocycles. The van der Waals surface area contributed by atoms with Crippen molar-refractivity contribution in [1.82, 2.24) is 49.4 Å². The second-order valence-corrected chi connectivity index (χ2v) is 46.4. The van der Waals surface area contributed by atoms with Gasteiger partial charge in [0, 0.05) is 116 Å². The van der Waals surface area contributed by atoms with Gasteiger partial charge in [0.2, 0.25) is 13.3 Å². The van der Waals surface area contributed by atoms with E-state index in [0.29, 0.717) is 156 Å². The first-order chi connectivity index (χ1) is 70.8. The van der Waals surface area contributed by atoms with Crippen molar-refractivity contribution in [3.63, 3.8) is 0 Å². The largest absolute Gasteiger partial charge is 1.00 e. The van der Waals surface area contributed by atoms with E-state index in [2.05, 4.69) is 163 Å². The molecule has 0 saturated carbocycles. The summed E-state index contributed by atoms with van der Waals surface area (Å²) in [7, 11) is -2.75. The molecule has 1 amide bonds. The van der Waals surface area contributed by atoms with Crippen molar-refractivity contribution >= 4 is 73.3 Å². The number of carboxylic acids is 1. The molecule has 24 fully saturated rings. The Morgan fingerprint density at radius 2 is 0.698 bits per heavy atom. The standard InChI is InChI=1S/C24H28N2O.C15H15N.4C11H19NO2.C11H17NO2.C9H15NO2.C7H11NO.C7H15O4P.CH4.ClH.Na.H/c27-23(16-21-17-25-13-10-18(21)11-14-25)26-15-12-19-6-4-5-9-22(19)24(26)20-7-2-1-3-8-20;1-2-7-13(8-3-1)15-14-9-5-4-6-12(14)10-11-16-15;5*1-2-14-11(13)7-10-8-12-5-3-9(10)4-6-12;11-9(12)5-8-6-10-3-1-7(8)2-4-10;9-7-5-8-3-1-6(7)2-4-8;1-4-10-7(8)6-12(3,9)11-5-2;;;;/h1-9,18,21,24H,10-17H2;1-9,15-16H,10-11H2;4*9-10H,2-8H2,1H3;7,9H,2-6,8H2,1H3;7-8H,1-6H2,(H,11,12);6H,1-5H2;4-6H2,1-3H3;1H4;1H;;/q;;;;;;;;;;;;+1;-1/t21-,24+;15-;3*10-;;;8-;;;;;;/m10110..1....../s1. The van der Waals surface area contributed by atoms with Crippen LogP contribution in [-0.4, -0.2) is 332 Å². The molecule has 16 bridgehead atoms. The molecule has 0 aliphatic carbocycles. The minimum atomic E-state index is -2.75. The van der Waals surface area contributed by atoms with Gasteiger partial charge in [-0.3, -0.25) is 52.7 Å². The van der Waals surface area contributed by atoms with Crippen LogP contribution in [0, 0.1) is 82.9 Å². The summed E-state index contributed by atoms with van der Waals surface area (Å²) >= 11 is 0. The molecule has 24 saturated heterocycles. The van der Waals surface area contributed by atoms with E-state index in [4.69, 9.17) is 33.3 Å². The van der Waals surface area contributed by atoms with Crippen LogP contribution in [0.25, 0.3) is 0 Å². The SMILES string of the molecule is C.CCOC(=O)C=C1CN2CCC1CC2.CCOC(=O)CC1CN2CCC1CC2.CCOC(=O)CP(C)(=O)OCC.CCOC(=O)C[C@@H]1CN2CCC1CC2.CCOC(=O)C[C@@H]1CN2CCC1CC2.CCOC(=O)C[C@H]1CN2CCC1CC2.Cl.O=C(C[C@@H]1CN2CCC1CC2)N1CCc2ccccc2[C@@H]1c1ccccc1.O=C(O)C[C@@H]1CN2CCC1CC2.O=C1CN2CCC1CC2.[H-].[Na+].c1ccc([C@@H]2NCCc3ccccc32)cc1. The van der Waals surface area contributed by atoms with Crippen molar-refractivity contribution in [2.75, 3.05) is 229 Å². The predicted molar refractivity (Wildman–Crippen MR) is 584 cm³/mol. The van der Waals surface area contributed by atoms with Gasteiger partial charge in [0.1, 0.15) is 11.9 Å². The number of benzene rings is 4. The second-order valence-electron chi connectivity index (χ2n) is 43.8. The van der Waals surface area contributed by atoms with E-state index in [0.717, 1.165) is 134 Å². The van der Waals surface area contributed by atoms with Crippen molar-refractivity contribution < 1.29 is 117 Å². The number of nitrogens with one attached hydrogen (secondary N) is 1. The molecule has 28 nitrogen and oxygen atoms in total. The number of halogens is 1. The summed E-state index contributed by atoms with van der Waals surface area (Å²) in [6, 6.07) is 39.0. The normalized spacial score (nSPS) is 30.9. The predicted octanol–water partition coefficient (Wildman–Crippen LogP) is 13.9. The zero-order chi connectivity index (χ0) is 103. The van der Waals surface area contributed by atoms with Gasteiger partial charge < -0.3 is 79.1 Å². The number of hydrogen-bond acceptors (Lipinski definition) is 26. The number of ketones is 1. The molecule has 26 heterocycles. The van der Waals surface area contributed by atoms with Gasteiger partial charge in [-0.2, -0.15) is 0 Å². The third-order valence-electron chi connectivity index (χ3n) is 34.2. The number of rotatable bonds is 25. The molecule has 31 heteroatoms. The molecule has 26 aliphatic heterocycles. The number of carbonyl (C=O) groups excluding carboxylic acids is 8. The summed E-state index contributed by atoms with van der Waals surface area (Å²) in [5, 5.41) is 12.3. The number of hydrogen-bond donors (Lipinski definition) is 2. The maximum absolute atomic E-state index is 13.4. The summed E-state index contributed by atoms with van der Waals surface area (Å²) in [6.07, 6.45) is 27.2. The second kappa shape index (κ2) is 64.6. The summed E-state index contributed by atoms with van der Waals surface area (Å²) in [5.41, 5.74) is 9.47. The van der Waals surface area contributed by atoms with Crippen LogP contribution in [0.3, 0.4) is 0 Å². The van der Waals surface area contributed by atoms with Gasteiger partial charge in [-0.25, -0.2) is 4.79 Å². The van der Waals surface area contributed by atoms with Crippen molar-refractivity contribution in [3.8, 4) is 0 Å². The Bertz CT molecular complexity index is 4600. The first-order valence-electron chi connectivity index (χ1n) is 56.5. The Labute approximate surface area is 921 Å². The van der Waals surface area contributed by atoms with Gasteiger partial charge in [0.05, 0.1) is 64.9 Å². The Kier molecular flexibility index (Phi) is 53.8. The van der Waals surface area contributed by atoms with E-state index in [-0.39, 0.29) is 92.9 Å².